The molecular formula is C20H23N5S. The third-order valence-electron chi connectivity index (χ3n) is 4.63. The molecule has 3 heterocycles. The Balaban J connectivity index is 1.54. The Labute approximate surface area is 158 Å². The molecule has 134 valence electrons. The lowest BCUT2D eigenvalue weighted by Gasteiger charge is -2.16. The zero-order chi connectivity index (χ0) is 17.6. The second kappa shape index (κ2) is 8.47. The molecule has 0 unspecified atom stereocenters. The SMILES string of the molecule is c1ccc(Cn2c(CN3CCCC3)nnc2SCc2cccnc2)cc1. The van der Waals surface area contributed by atoms with Crippen molar-refractivity contribution in [3.05, 3.63) is 71.8 Å². The molecule has 0 spiro atoms. The Morgan fingerprint density at radius 3 is 2.46 bits per heavy atom. The van der Waals surface area contributed by atoms with E-state index in [0.29, 0.717) is 0 Å². The molecule has 4 rings (SSSR count). The van der Waals surface area contributed by atoms with Gasteiger partial charge in [0.2, 0.25) is 0 Å². The molecule has 1 fully saturated rings. The van der Waals surface area contributed by atoms with E-state index >= 15 is 0 Å². The molecule has 6 heteroatoms. The van der Waals surface area contributed by atoms with Crippen LogP contribution in [-0.4, -0.2) is 37.7 Å². The molecule has 0 amide bonds. The first kappa shape index (κ1) is 17.2. The maximum Gasteiger partial charge on any atom is 0.191 e. The lowest BCUT2D eigenvalue weighted by molar-refractivity contribution is 0.316. The van der Waals surface area contributed by atoms with Crippen LogP contribution in [0.15, 0.2) is 60.0 Å². The zero-order valence-electron chi connectivity index (χ0n) is 14.8. The van der Waals surface area contributed by atoms with Crippen LogP contribution in [0.5, 0.6) is 0 Å². The third kappa shape index (κ3) is 4.31. The van der Waals surface area contributed by atoms with E-state index in [1.807, 2.05) is 12.3 Å². The van der Waals surface area contributed by atoms with Gasteiger partial charge in [-0.3, -0.25) is 9.88 Å². The summed E-state index contributed by atoms with van der Waals surface area (Å²) in [6.07, 6.45) is 6.29. The van der Waals surface area contributed by atoms with Gasteiger partial charge in [0.25, 0.3) is 0 Å². The molecule has 0 atom stereocenters. The summed E-state index contributed by atoms with van der Waals surface area (Å²) in [4.78, 5) is 6.67. The molecule has 0 saturated carbocycles. The number of aromatic nitrogens is 4. The molecule has 0 bridgehead atoms. The van der Waals surface area contributed by atoms with Crippen LogP contribution >= 0.6 is 11.8 Å². The Bertz CT molecular complexity index is 813. The van der Waals surface area contributed by atoms with Crippen LogP contribution in [-0.2, 0) is 18.8 Å². The predicted molar refractivity (Wildman–Crippen MR) is 104 cm³/mol. The molecule has 0 N–H and O–H groups in total. The molecule has 2 aromatic heterocycles. The topological polar surface area (TPSA) is 46.8 Å². The highest BCUT2D eigenvalue weighted by atomic mass is 32.2. The van der Waals surface area contributed by atoms with Gasteiger partial charge in [-0.05, 0) is 43.1 Å². The first-order chi connectivity index (χ1) is 12.9. The molecule has 0 radical (unpaired) electrons. The number of benzene rings is 1. The van der Waals surface area contributed by atoms with Crippen molar-refractivity contribution in [2.45, 2.75) is 36.8 Å². The van der Waals surface area contributed by atoms with Crippen LogP contribution in [0.3, 0.4) is 0 Å². The van der Waals surface area contributed by atoms with Crippen LogP contribution in [0.2, 0.25) is 0 Å². The Morgan fingerprint density at radius 1 is 0.885 bits per heavy atom. The quantitative estimate of drug-likeness (QED) is 0.599. The van der Waals surface area contributed by atoms with Gasteiger partial charge in [-0.15, -0.1) is 10.2 Å². The zero-order valence-corrected chi connectivity index (χ0v) is 15.6. The van der Waals surface area contributed by atoms with Crippen LogP contribution in [0.25, 0.3) is 0 Å². The van der Waals surface area contributed by atoms with E-state index in [4.69, 9.17) is 0 Å². The van der Waals surface area contributed by atoms with Crippen molar-refractivity contribution in [2.75, 3.05) is 13.1 Å². The average molecular weight is 366 g/mol. The summed E-state index contributed by atoms with van der Waals surface area (Å²) in [7, 11) is 0. The summed E-state index contributed by atoms with van der Waals surface area (Å²) in [5.74, 6) is 1.91. The second-order valence-electron chi connectivity index (χ2n) is 6.60. The fourth-order valence-electron chi connectivity index (χ4n) is 3.24. The van der Waals surface area contributed by atoms with Gasteiger partial charge >= 0.3 is 0 Å². The van der Waals surface area contributed by atoms with Crippen molar-refractivity contribution >= 4 is 11.8 Å². The highest BCUT2D eigenvalue weighted by molar-refractivity contribution is 7.98. The number of hydrogen-bond donors (Lipinski definition) is 0. The highest BCUT2D eigenvalue weighted by Gasteiger charge is 2.18. The number of nitrogens with zero attached hydrogens (tertiary/aromatic N) is 5. The number of hydrogen-bond acceptors (Lipinski definition) is 5. The molecule has 1 aliphatic rings. The fourth-order valence-corrected chi connectivity index (χ4v) is 4.13. The van der Waals surface area contributed by atoms with Gasteiger partial charge < -0.3 is 4.57 Å². The summed E-state index contributed by atoms with van der Waals surface area (Å²) in [6, 6.07) is 14.6. The van der Waals surface area contributed by atoms with Gasteiger partial charge in [0.1, 0.15) is 5.82 Å². The largest absolute Gasteiger partial charge is 0.300 e. The number of thioether (sulfide) groups is 1. The molecule has 1 aromatic carbocycles. The van der Waals surface area contributed by atoms with E-state index in [2.05, 4.69) is 61.0 Å². The minimum Gasteiger partial charge on any atom is -0.300 e. The smallest absolute Gasteiger partial charge is 0.191 e. The molecule has 0 aliphatic carbocycles. The number of pyridine rings is 1. The fraction of sp³-hybridized carbons (Fsp3) is 0.350. The van der Waals surface area contributed by atoms with Gasteiger partial charge in [-0.1, -0.05) is 48.2 Å². The van der Waals surface area contributed by atoms with Gasteiger partial charge in [0.15, 0.2) is 5.16 Å². The summed E-state index contributed by atoms with van der Waals surface area (Å²) >= 11 is 1.73. The first-order valence-electron chi connectivity index (χ1n) is 9.08. The summed E-state index contributed by atoms with van der Waals surface area (Å²) in [5, 5.41) is 10.00. The minimum atomic E-state index is 0.812. The van der Waals surface area contributed by atoms with Crippen molar-refractivity contribution in [3.8, 4) is 0 Å². The molecule has 26 heavy (non-hydrogen) atoms. The maximum absolute atomic E-state index is 4.52. The van der Waals surface area contributed by atoms with Gasteiger partial charge in [0, 0.05) is 18.1 Å². The van der Waals surface area contributed by atoms with Gasteiger partial charge in [-0.2, -0.15) is 0 Å². The summed E-state index contributed by atoms with van der Waals surface area (Å²) in [6.45, 7) is 4.02. The standard InChI is InChI=1S/C20H23N5S/c1-2-7-17(8-3-1)14-25-19(15-24-11-4-5-12-24)22-23-20(25)26-16-18-9-6-10-21-13-18/h1-3,6-10,13H,4-5,11-12,14-16H2. The molecule has 1 aliphatic heterocycles. The minimum absolute atomic E-state index is 0.812. The Morgan fingerprint density at radius 2 is 1.69 bits per heavy atom. The van der Waals surface area contributed by atoms with Gasteiger partial charge in [0.05, 0.1) is 13.1 Å². The predicted octanol–water partition coefficient (Wildman–Crippen LogP) is 3.61. The van der Waals surface area contributed by atoms with Gasteiger partial charge in [-0.25, -0.2) is 0 Å². The van der Waals surface area contributed by atoms with Crippen molar-refractivity contribution in [3.63, 3.8) is 0 Å². The average Bonchev–Trinajstić information content (AvgIpc) is 3.33. The Kier molecular flexibility index (Phi) is 5.62. The van der Waals surface area contributed by atoms with E-state index in [1.54, 1.807) is 18.0 Å². The summed E-state index contributed by atoms with van der Waals surface area (Å²) < 4.78 is 2.27. The lowest BCUT2D eigenvalue weighted by Crippen LogP contribution is -2.21. The molecule has 3 aromatic rings. The van der Waals surface area contributed by atoms with E-state index < -0.39 is 0 Å². The van der Waals surface area contributed by atoms with E-state index in [1.165, 1.54) is 24.0 Å². The second-order valence-corrected chi connectivity index (χ2v) is 7.55. The van der Waals surface area contributed by atoms with Crippen LogP contribution in [0, 0.1) is 0 Å². The molecular weight excluding hydrogens is 342 g/mol. The first-order valence-corrected chi connectivity index (χ1v) is 10.1. The number of likely N-dealkylation sites (tertiary alicyclic amines) is 1. The Hall–Kier alpha value is -2.18. The maximum atomic E-state index is 4.52. The van der Waals surface area contributed by atoms with E-state index in [-0.39, 0.29) is 0 Å². The third-order valence-corrected chi connectivity index (χ3v) is 5.67. The monoisotopic (exact) mass is 365 g/mol. The van der Waals surface area contributed by atoms with E-state index in [0.717, 1.165) is 42.9 Å². The van der Waals surface area contributed by atoms with Crippen molar-refractivity contribution in [1.29, 1.82) is 0 Å². The summed E-state index contributed by atoms with van der Waals surface area (Å²) in [5.41, 5.74) is 2.48. The van der Waals surface area contributed by atoms with Crippen LogP contribution < -0.4 is 0 Å². The van der Waals surface area contributed by atoms with Crippen molar-refractivity contribution in [2.24, 2.45) is 0 Å². The normalized spacial score (nSPS) is 14.8. The lowest BCUT2D eigenvalue weighted by atomic mass is 10.2. The highest BCUT2D eigenvalue weighted by Crippen LogP contribution is 2.24. The molecule has 1 saturated heterocycles. The van der Waals surface area contributed by atoms with Crippen LogP contribution in [0.1, 0.15) is 29.8 Å². The number of rotatable bonds is 7. The molecule has 5 nitrogen and oxygen atoms in total. The van der Waals surface area contributed by atoms with E-state index in [9.17, 15) is 0 Å². The van der Waals surface area contributed by atoms with Crippen molar-refractivity contribution < 1.29 is 0 Å². The van der Waals surface area contributed by atoms with Crippen LogP contribution in [0.4, 0.5) is 0 Å². The van der Waals surface area contributed by atoms with Crippen molar-refractivity contribution in [1.82, 2.24) is 24.6 Å².